The first kappa shape index (κ1) is 10.4. The molecule has 1 aliphatic rings. The van der Waals surface area contributed by atoms with E-state index >= 15 is 0 Å². The molecule has 1 fully saturated rings. The molecular formula is C10H11N3O3. The average Bonchev–Trinajstić information content (AvgIpc) is 2.65. The quantitative estimate of drug-likeness (QED) is 0.757. The average molecular weight is 221 g/mol. The maximum absolute atomic E-state index is 11.4. The van der Waals surface area contributed by atoms with Crippen LogP contribution in [0.2, 0.25) is 0 Å². The van der Waals surface area contributed by atoms with Crippen LogP contribution < -0.4 is 10.6 Å². The van der Waals surface area contributed by atoms with Crippen molar-refractivity contribution in [2.45, 2.75) is 12.8 Å². The van der Waals surface area contributed by atoms with Crippen LogP contribution in [0.3, 0.4) is 0 Å². The van der Waals surface area contributed by atoms with Crippen LogP contribution in [0, 0.1) is 0 Å². The van der Waals surface area contributed by atoms with Crippen molar-refractivity contribution in [1.82, 2.24) is 4.98 Å². The highest BCUT2D eigenvalue weighted by Gasteiger charge is 2.24. The minimum atomic E-state index is -1.19. The van der Waals surface area contributed by atoms with Crippen molar-refractivity contribution in [1.29, 1.82) is 0 Å². The molecule has 0 spiro atoms. The zero-order valence-electron chi connectivity index (χ0n) is 8.51. The second-order valence-corrected chi connectivity index (χ2v) is 3.56. The smallest absolute Gasteiger partial charge is 0.356 e. The van der Waals surface area contributed by atoms with Gasteiger partial charge in [0, 0.05) is 13.0 Å². The van der Waals surface area contributed by atoms with E-state index in [4.69, 9.17) is 10.8 Å². The third-order valence-electron chi connectivity index (χ3n) is 2.46. The van der Waals surface area contributed by atoms with Crippen LogP contribution >= 0.6 is 0 Å². The number of pyridine rings is 1. The Morgan fingerprint density at radius 3 is 2.81 bits per heavy atom. The van der Waals surface area contributed by atoms with Gasteiger partial charge in [-0.3, -0.25) is 9.69 Å². The molecule has 2 heterocycles. The van der Waals surface area contributed by atoms with Crippen LogP contribution in [0.25, 0.3) is 0 Å². The van der Waals surface area contributed by atoms with E-state index < -0.39 is 5.97 Å². The molecule has 1 saturated heterocycles. The second-order valence-electron chi connectivity index (χ2n) is 3.56. The molecule has 0 atom stereocenters. The van der Waals surface area contributed by atoms with E-state index in [9.17, 15) is 9.59 Å². The standard InChI is InChI=1S/C10H11N3O3/c11-6-3-4-7(12-9(6)10(15)16)13-5-1-2-8(13)14/h3-4H,1-2,5,11H2,(H,15,16). The number of rotatable bonds is 2. The first-order valence-electron chi connectivity index (χ1n) is 4.90. The maximum Gasteiger partial charge on any atom is 0.356 e. The van der Waals surface area contributed by atoms with Gasteiger partial charge in [0.25, 0.3) is 0 Å². The van der Waals surface area contributed by atoms with Gasteiger partial charge in [-0.15, -0.1) is 0 Å². The van der Waals surface area contributed by atoms with Gasteiger partial charge in [0.2, 0.25) is 5.91 Å². The largest absolute Gasteiger partial charge is 0.476 e. The number of aromatic carboxylic acids is 1. The molecule has 0 unspecified atom stereocenters. The fraction of sp³-hybridized carbons (Fsp3) is 0.300. The Balaban J connectivity index is 2.39. The molecule has 0 radical (unpaired) electrons. The molecule has 3 N–H and O–H groups in total. The summed E-state index contributed by atoms with van der Waals surface area (Å²) in [6, 6.07) is 3.02. The van der Waals surface area contributed by atoms with Gasteiger partial charge in [0.1, 0.15) is 5.82 Å². The van der Waals surface area contributed by atoms with Crippen LogP contribution in [-0.2, 0) is 4.79 Å². The van der Waals surface area contributed by atoms with Gasteiger partial charge < -0.3 is 10.8 Å². The van der Waals surface area contributed by atoms with E-state index in [1.54, 1.807) is 6.07 Å². The SMILES string of the molecule is Nc1ccc(N2CCCC2=O)nc1C(=O)O. The van der Waals surface area contributed by atoms with Crippen molar-refractivity contribution in [3.63, 3.8) is 0 Å². The summed E-state index contributed by atoms with van der Waals surface area (Å²) < 4.78 is 0. The molecule has 1 aromatic heterocycles. The number of hydrogen-bond donors (Lipinski definition) is 2. The Kier molecular flexibility index (Phi) is 2.47. The van der Waals surface area contributed by atoms with E-state index in [-0.39, 0.29) is 17.3 Å². The normalized spacial score (nSPS) is 15.5. The minimum absolute atomic E-state index is 0.0337. The summed E-state index contributed by atoms with van der Waals surface area (Å²) in [5, 5.41) is 8.85. The molecule has 6 heteroatoms. The van der Waals surface area contributed by atoms with Gasteiger partial charge in [-0.05, 0) is 18.6 Å². The summed E-state index contributed by atoms with van der Waals surface area (Å²) in [4.78, 5) is 27.6. The van der Waals surface area contributed by atoms with Crippen molar-refractivity contribution in [3.05, 3.63) is 17.8 Å². The van der Waals surface area contributed by atoms with Gasteiger partial charge >= 0.3 is 5.97 Å². The number of carbonyl (C=O) groups excluding carboxylic acids is 1. The van der Waals surface area contributed by atoms with Gasteiger partial charge in [0.15, 0.2) is 5.69 Å². The molecule has 16 heavy (non-hydrogen) atoms. The minimum Gasteiger partial charge on any atom is -0.476 e. The number of nitrogens with zero attached hydrogens (tertiary/aromatic N) is 2. The molecule has 0 aliphatic carbocycles. The predicted molar refractivity (Wildman–Crippen MR) is 57.2 cm³/mol. The number of aromatic nitrogens is 1. The van der Waals surface area contributed by atoms with Gasteiger partial charge in [0.05, 0.1) is 5.69 Å². The van der Waals surface area contributed by atoms with Crippen LogP contribution in [0.4, 0.5) is 11.5 Å². The third kappa shape index (κ3) is 1.69. The Labute approximate surface area is 91.7 Å². The zero-order chi connectivity index (χ0) is 11.7. The molecule has 6 nitrogen and oxygen atoms in total. The summed E-state index contributed by atoms with van der Waals surface area (Å²) in [7, 11) is 0. The fourth-order valence-corrected chi connectivity index (χ4v) is 1.67. The van der Waals surface area contributed by atoms with E-state index in [1.165, 1.54) is 11.0 Å². The van der Waals surface area contributed by atoms with Gasteiger partial charge in [-0.2, -0.15) is 0 Å². The Morgan fingerprint density at radius 1 is 1.50 bits per heavy atom. The van der Waals surface area contributed by atoms with E-state index in [1.807, 2.05) is 0 Å². The van der Waals surface area contributed by atoms with Crippen LogP contribution in [-0.4, -0.2) is 28.5 Å². The Hall–Kier alpha value is -2.11. The number of carbonyl (C=O) groups is 2. The highest BCUT2D eigenvalue weighted by molar-refractivity contribution is 5.96. The third-order valence-corrected chi connectivity index (χ3v) is 2.46. The van der Waals surface area contributed by atoms with E-state index in [0.29, 0.717) is 18.8 Å². The number of carboxylic acids is 1. The van der Waals surface area contributed by atoms with Crippen LogP contribution in [0.1, 0.15) is 23.3 Å². The van der Waals surface area contributed by atoms with Crippen LogP contribution in [0.5, 0.6) is 0 Å². The van der Waals surface area contributed by atoms with Gasteiger partial charge in [-0.1, -0.05) is 0 Å². The van der Waals surface area contributed by atoms with Crippen LogP contribution in [0.15, 0.2) is 12.1 Å². The van der Waals surface area contributed by atoms with Crippen molar-refractivity contribution in [2.75, 3.05) is 17.2 Å². The lowest BCUT2D eigenvalue weighted by Crippen LogP contribution is -2.25. The van der Waals surface area contributed by atoms with Crippen molar-refractivity contribution < 1.29 is 14.7 Å². The molecular weight excluding hydrogens is 210 g/mol. The number of amides is 1. The van der Waals surface area contributed by atoms with Crippen molar-refractivity contribution >= 4 is 23.4 Å². The molecule has 0 bridgehead atoms. The predicted octanol–water partition coefficient (Wildman–Crippen LogP) is 0.489. The maximum atomic E-state index is 11.4. The molecule has 84 valence electrons. The van der Waals surface area contributed by atoms with Crippen molar-refractivity contribution in [2.24, 2.45) is 0 Å². The van der Waals surface area contributed by atoms with Gasteiger partial charge in [-0.25, -0.2) is 9.78 Å². The summed E-state index contributed by atoms with van der Waals surface area (Å²) in [5.74, 6) is -0.867. The number of nitrogen functional groups attached to an aromatic ring is 1. The fourth-order valence-electron chi connectivity index (χ4n) is 1.67. The zero-order valence-corrected chi connectivity index (χ0v) is 8.51. The summed E-state index contributed by atoms with van der Waals surface area (Å²) in [5.41, 5.74) is 5.37. The molecule has 0 saturated carbocycles. The molecule has 1 aliphatic heterocycles. The lowest BCUT2D eigenvalue weighted by Gasteiger charge is -2.15. The number of hydrogen-bond acceptors (Lipinski definition) is 4. The summed E-state index contributed by atoms with van der Waals surface area (Å²) >= 11 is 0. The van der Waals surface area contributed by atoms with E-state index in [2.05, 4.69) is 4.98 Å². The van der Waals surface area contributed by atoms with E-state index in [0.717, 1.165) is 6.42 Å². The summed E-state index contributed by atoms with van der Waals surface area (Å²) in [6.45, 7) is 0.578. The first-order chi connectivity index (χ1) is 7.59. The molecule has 1 amide bonds. The number of nitrogens with two attached hydrogens (primary N) is 1. The Morgan fingerprint density at radius 2 is 2.25 bits per heavy atom. The molecule has 2 rings (SSSR count). The summed E-state index contributed by atoms with van der Waals surface area (Å²) in [6.07, 6.45) is 1.25. The number of carboxylic acid groups (broad SMARTS) is 1. The first-order valence-corrected chi connectivity index (χ1v) is 4.90. The highest BCUT2D eigenvalue weighted by atomic mass is 16.4. The second kappa shape index (κ2) is 3.80. The Bertz CT molecular complexity index is 459. The monoisotopic (exact) mass is 221 g/mol. The topological polar surface area (TPSA) is 96.5 Å². The molecule has 1 aromatic rings. The number of anilines is 2. The highest BCUT2D eigenvalue weighted by Crippen LogP contribution is 2.21. The lowest BCUT2D eigenvalue weighted by atomic mass is 10.3. The lowest BCUT2D eigenvalue weighted by molar-refractivity contribution is -0.117. The van der Waals surface area contributed by atoms with Crippen molar-refractivity contribution in [3.8, 4) is 0 Å². The molecule has 0 aromatic carbocycles.